The van der Waals surface area contributed by atoms with Crippen molar-refractivity contribution in [1.29, 1.82) is 0 Å². The summed E-state index contributed by atoms with van der Waals surface area (Å²) in [5, 5.41) is 0.357. The first kappa shape index (κ1) is 18.6. The molecule has 1 fully saturated rings. The van der Waals surface area contributed by atoms with E-state index in [0.29, 0.717) is 9.93 Å². The highest BCUT2D eigenvalue weighted by Gasteiger charge is 2.35. The first-order valence-electron chi connectivity index (χ1n) is 8.76. The van der Waals surface area contributed by atoms with E-state index in [1.807, 2.05) is 61.5 Å². The molecule has 2 amide bonds. The zero-order chi connectivity index (χ0) is 19.7. The maximum atomic E-state index is 12.8. The molecule has 2 heterocycles. The topological polar surface area (TPSA) is 42.3 Å². The van der Waals surface area contributed by atoms with Crippen LogP contribution in [-0.2, 0) is 11.3 Å². The largest absolute Gasteiger partial charge is 0.314 e. The zero-order valence-electron chi connectivity index (χ0n) is 15.1. The van der Waals surface area contributed by atoms with Crippen molar-refractivity contribution >= 4 is 40.6 Å². The molecular formula is C22H17ClN2O2S. The Morgan fingerprint density at radius 3 is 2.39 bits per heavy atom. The van der Waals surface area contributed by atoms with Gasteiger partial charge in [0.25, 0.3) is 11.1 Å². The normalized spacial score (nSPS) is 15.6. The Labute approximate surface area is 172 Å². The number of carbonyl (C=O) groups is 2. The van der Waals surface area contributed by atoms with Crippen molar-refractivity contribution in [3.05, 3.63) is 93.6 Å². The molecule has 1 aliphatic rings. The molecule has 6 heteroatoms. The van der Waals surface area contributed by atoms with E-state index in [0.717, 1.165) is 34.4 Å². The first-order chi connectivity index (χ1) is 13.5. The van der Waals surface area contributed by atoms with E-state index in [2.05, 4.69) is 4.57 Å². The van der Waals surface area contributed by atoms with Gasteiger partial charge in [-0.2, -0.15) is 0 Å². The maximum absolute atomic E-state index is 12.8. The molecular weight excluding hydrogens is 392 g/mol. The summed E-state index contributed by atoms with van der Waals surface area (Å²) in [7, 11) is 0. The lowest BCUT2D eigenvalue weighted by Crippen LogP contribution is -2.27. The van der Waals surface area contributed by atoms with Gasteiger partial charge in [-0.15, -0.1) is 0 Å². The van der Waals surface area contributed by atoms with Gasteiger partial charge in [-0.05, 0) is 66.7 Å². The number of amides is 2. The summed E-state index contributed by atoms with van der Waals surface area (Å²) >= 11 is 6.87. The van der Waals surface area contributed by atoms with Crippen LogP contribution in [0.1, 0.15) is 17.0 Å². The van der Waals surface area contributed by atoms with Crippen LogP contribution in [0.2, 0.25) is 5.02 Å². The van der Waals surface area contributed by atoms with Crippen LogP contribution in [0.25, 0.3) is 11.8 Å². The number of hydrogen-bond donors (Lipinski definition) is 0. The fourth-order valence-corrected chi connectivity index (χ4v) is 4.09. The van der Waals surface area contributed by atoms with Gasteiger partial charge in [0.05, 0.1) is 11.4 Å². The van der Waals surface area contributed by atoms with E-state index in [-0.39, 0.29) is 17.7 Å². The van der Waals surface area contributed by atoms with Crippen LogP contribution in [0.3, 0.4) is 0 Å². The number of aromatic nitrogens is 1. The quantitative estimate of drug-likeness (QED) is 0.522. The van der Waals surface area contributed by atoms with Gasteiger partial charge in [-0.25, -0.2) is 0 Å². The summed E-state index contributed by atoms with van der Waals surface area (Å²) in [6.45, 7) is 2.24. The smallest absolute Gasteiger partial charge is 0.293 e. The summed E-state index contributed by atoms with van der Waals surface area (Å²) in [5.74, 6) is -0.275. The first-order valence-corrected chi connectivity index (χ1v) is 9.96. The molecule has 0 bridgehead atoms. The van der Waals surface area contributed by atoms with Gasteiger partial charge in [-0.1, -0.05) is 41.9 Å². The predicted octanol–water partition coefficient (Wildman–Crippen LogP) is 5.68. The number of carbonyl (C=O) groups excluding carboxylic acids is 2. The molecule has 28 heavy (non-hydrogen) atoms. The van der Waals surface area contributed by atoms with E-state index in [9.17, 15) is 9.59 Å². The average molecular weight is 409 g/mol. The maximum Gasteiger partial charge on any atom is 0.293 e. The van der Waals surface area contributed by atoms with Gasteiger partial charge in [-0.3, -0.25) is 14.5 Å². The van der Waals surface area contributed by atoms with Gasteiger partial charge in [0, 0.05) is 22.1 Å². The Morgan fingerprint density at radius 2 is 1.68 bits per heavy atom. The number of hydrogen-bond acceptors (Lipinski definition) is 3. The van der Waals surface area contributed by atoms with Gasteiger partial charge < -0.3 is 4.57 Å². The lowest BCUT2D eigenvalue weighted by atomic mass is 10.2. The van der Waals surface area contributed by atoms with E-state index >= 15 is 0 Å². The third kappa shape index (κ3) is 3.63. The molecule has 1 aromatic heterocycles. The van der Waals surface area contributed by atoms with Crippen LogP contribution >= 0.6 is 23.4 Å². The highest BCUT2D eigenvalue weighted by Crippen LogP contribution is 2.34. The molecule has 0 N–H and O–H groups in total. The molecule has 0 radical (unpaired) electrons. The Hall–Kier alpha value is -2.76. The molecule has 4 nitrogen and oxygen atoms in total. The fraction of sp³-hybridized carbons (Fsp3) is 0.0909. The SMILES string of the molecule is Cc1ccc(/C=C2\SC(=O)N(Cc3ccc(Cl)cc3)C2=O)n1-c1ccccc1. The van der Waals surface area contributed by atoms with Crippen LogP contribution in [0.15, 0.2) is 71.6 Å². The second-order valence-corrected chi connectivity index (χ2v) is 7.89. The minimum atomic E-state index is -0.275. The second kappa shape index (κ2) is 7.70. The lowest BCUT2D eigenvalue weighted by Gasteiger charge is -2.12. The summed E-state index contributed by atoms with van der Waals surface area (Å²) < 4.78 is 2.06. The van der Waals surface area contributed by atoms with E-state index in [1.54, 1.807) is 18.2 Å². The highest BCUT2D eigenvalue weighted by molar-refractivity contribution is 8.18. The van der Waals surface area contributed by atoms with Crippen molar-refractivity contribution in [2.24, 2.45) is 0 Å². The molecule has 140 valence electrons. The minimum Gasteiger partial charge on any atom is -0.314 e. The molecule has 0 aliphatic carbocycles. The number of rotatable bonds is 4. The van der Waals surface area contributed by atoms with Crippen LogP contribution in [-0.4, -0.2) is 20.6 Å². The van der Waals surface area contributed by atoms with Crippen LogP contribution in [0.4, 0.5) is 4.79 Å². The van der Waals surface area contributed by atoms with Crippen molar-refractivity contribution < 1.29 is 9.59 Å². The van der Waals surface area contributed by atoms with E-state index in [4.69, 9.17) is 11.6 Å². The molecule has 3 aromatic rings. The van der Waals surface area contributed by atoms with Crippen molar-refractivity contribution in [2.75, 3.05) is 0 Å². The molecule has 4 rings (SSSR count). The molecule has 0 atom stereocenters. The van der Waals surface area contributed by atoms with Gasteiger partial charge >= 0.3 is 0 Å². The van der Waals surface area contributed by atoms with Crippen LogP contribution in [0.5, 0.6) is 0 Å². The Balaban J connectivity index is 1.62. The summed E-state index contributed by atoms with van der Waals surface area (Å²) in [6, 6.07) is 21.0. The monoisotopic (exact) mass is 408 g/mol. The number of thioether (sulfide) groups is 1. The van der Waals surface area contributed by atoms with Crippen molar-refractivity contribution in [3.63, 3.8) is 0 Å². The number of benzene rings is 2. The Morgan fingerprint density at radius 1 is 0.964 bits per heavy atom. The van der Waals surface area contributed by atoms with Crippen LogP contribution < -0.4 is 0 Å². The van der Waals surface area contributed by atoms with Crippen molar-refractivity contribution in [2.45, 2.75) is 13.5 Å². The predicted molar refractivity (Wildman–Crippen MR) is 113 cm³/mol. The average Bonchev–Trinajstić information content (AvgIpc) is 3.18. The van der Waals surface area contributed by atoms with Crippen LogP contribution in [0, 0.1) is 6.92 Å². The third-order valence-electron chi connectivity index (χ3n) is 4.53. The summed E-state index contributed by atoms with van der Waals surface area (Å²) in [6.07, 6.45) is 1.78. The lowest BCUT2D eigenvalue weighted by molar-refractivity contribution is -0.123. The molecule has 1 saturated heterocycles. The number of imide groups is 1. The number of nitrogens with zero attached hydrogens (tertiary/aromatic N) is 2. The molecule has 0 saturated carbocycles. The summed E-state index contributed by atoms with van der Waals surface area (Å²) in [4.78, 5) is 26.9. The fourth-order valence-electron chi connectivity index (χ4n) is 3.14. The molecule has 0 spiro atoms. The number of halogens is 1. The number of para-hydroxylation sites is 1. The standard InChI is InChI=1S/C22H17ClN2O2S/c1-15-7-12-19(25(15)18-5-3-2-4-6-18)13-20-21(26)24(22(27)28-20)14-16-8-10-17(23)11-9-16/h2-13H,14H2,1H3/b20-13-. The second-order valence-electron chi connectivity index (χ2n) is 6.46. The molecule has 0 unspecified atom stereocenters. The zero-order valence-corrected chi connectivity index (χ0v) is 16.7. The molecule has 2 aromatic carbocycles. The van der Waals surface area contributed by atoms with Gasteiger partial charge in [0.1, 0.15) is 0 Å². The molecule has 1 aliphatic heterocycles. The van der Waals surface area contributed by atoms with E-state index < -0.39 is 0 Å². The number of aryl methyl sites for hydroxylation is 1. The third-order valence-corrected chi connectivity index (χ3v) is 5.69. The Bertz CT molecular complexity index is 1070. The van der Waals surface area contributed by atoms with Gasteiger partial charge in [0.15, 0.2) is 0 Å². The van der Waals surface area contributed by atoms with Crippen molar-refractivity contribution in [3.8, 4) is 5.69 Å². The Kier molecular flexibility index (Phi) is 5.11. The summed E-state index contributed by atoms with van der Waals surface area (Å²) in [5.41, 5.74) is 3.78. The highest BCUT2D eigenvalue weighted by atomic mass is 35.5. The van der Waals surface area contributed by atoms with Gasteiger partial charge in [0.2, 0.25) is 0 Å². The van der Waals surface area contributed by atoms with Crippen molar-refractivity contribution in [1.82, 2.24) is 9.47 Å². The van der Waals surface area contributed by atoms with E-state index in [1.165, 1.54) is 4.90 Å². The minimum absolute atomic E-state index is 0.234.